The van der Waals surface area contributed by atoms with Crippen LogP contribution in [0, 0.1) is 0 Å². The number of nitrogens with zero attached hydrogens (tertiary/aromatic N) is 2. The van der Waals surface area contributed by atoms with Crippen molar-refractivity contribution in [3.8, 4) is 0 Å². The first-order valence-corrected chi connectivity index (χ1v) is 5.59. The number of anilines is 1. The molecule has 0 aliphatic carbocycles. The van der Waals surface area contributed by atoms with E-state index in [1.165, 1.54) is 11.5 Å². The third kappa shape index (κ3) is 4.11. The minimum atomic E-state index is -0.251. The highest BCUT2D eigenvalue weighted by Gasteiger charge is 2.14. The minimum absolute atomic E-state index is 0.0670. The monoisotopic (exact) mass is 230 g/mol. The van der Waals surface area contributed by atoms with Crippen molar-refractivity contribution in [1.29, 1.82) is 0 Å². The molecule has 0 aliphatic rings. The van der Waals surface area contributed by atoms with E-state index < -0.39 is 0 Å². The standard InChI is InChI=1S/C9H18N4OS/c1-6(14-4)7-12-8(15-13-7)11-5-9(2,3)10/h6H,5,10H2,1-4H3,(H,11,12,13). The fourth-order valence-corrected chi connectivity index (χ4v) is 1.52. The highest BCUT2D eigenvalue weighted by Crippen LogP contribution is 2.18. The fraction of sp³-hybridized carbons (Fsp3) is 0.778. The van der Waals surface area contributed by atoms with Crippen molar-refractivity contribution in [3.63, 3.8) is 0 Å². The summed E-state index contributed by atoms with van der Waals surface area (Å²) in [4.78, 5) is 4.30. The van der Waals surface area contributed by atoms with Gasteiger partial charge in [-0.2, -0.15) is 4.37 Å². The zero-order valence-electron chi connectivity index (χ0n) is 9.57. The van der Waals surface area contributed by atoms with Crippen LogP contribution in [0.15, 0.2) is 0 Å². The van der Waals surface area contributed by atoms with Crippen LogP contribution in [0.1, 0.15) is 32.7 Å². The molecule has 1 aromatic heterocycles. The van der Waals surface area contributed by atoms with Gasteiger partial charge in [0.15, 0.2) is 5.82 Å². The summed E-state index contributed by atoms with van der Waals surface area (Å²) in [6, 6.07) is 0. The summed E-state index contributed by atoms with van der Waals surface area (Å²) in [7, 11) is 1.64. The van der Waals surface area contributed by atoms with Crippen LogP contribution < -0.4 is 11.1 Å². The average Bonchev–Trinajstić information content (AvgIpc) is 2.61. The summed E-state index contributed by atoms with van der Waals surface area (Å²) in [5.41, 5.74) is 5.59. The Kier molecular flexibility index (Phi) is 4.01. The van der Waals surface area contributed by atoms with Crippen molar-refractivity contribution < 1.29 is 4.74 Å². The number of hydrogen-bond donors (Lipinski definition) is 2. The molecule has 15 heavy (non-hydrogen) atoms. The lowest BCUT2D eigenvalue weighted by atomic mass is 10.1. The maximum absolute atomic E-state index is 5.85. The van der Waals surface area contributed by atoms with Crippen LogP contribution in [-0.2, 0) is 4.74 Å². The smallest absolute Gasteiger partial charge is 0.202 e. The fourth-order valence-electron chi connectivity index (χ4n) is 0.881. The summed E-state index contributed by atoms with van der Waals surface area (Å²) in [6.07, 6.45) is -0.0670. The van der Waals surface area contributed by atoms with Crippen LogP contribution in [0.2, 0.25) is 0 Å². The van der Waals surface area contributed by atoms with E-state index in [-0.39, 0.29) is 11.6 Å². The molecule has 0 saturated heterocycles. The molecule has 6 heteroatoms. The highest BCUT2D eigenvalue weighted by atomic mass is 32.1. The maximum Gasteiger partial charge on any atom is 0.202 e. The van der Waals surface area contributed by atoms with Gasteiger partial charge in [-0.15, -0.1) is 0 Å². The van der Waals surface area contributed by atoms with E-state index in [0.29, 0.717) is 12.4 Å². The molecule has 0 spiro atoms. The Morgan fingerprint density at radius 1 is 1.60 bits per heavy atom. The number of hydrogen-bond acceptors (Lipinski definition) is 6. The second-order valence-corrected chi connectivity index (χ2v) is 4.93. The lowest BCUT2D eigenvalue weighted by Crippen LogP contribution is -2.39. The number of nitrogens with one attached hydrogen (secondary N) is 1. The molecule has 0 aromatic carbocycles. The first kappa shape index (κ1) is 12.4. The van der Waals surface area contributed by atoms with Gasteiger partial charge in [-0.05, 0) is 20.8 Å². The molecule has 86 valence electrons. The molecule has 0 bridgehead atoms. The third-order valence-corrected chi connectivity index (χ3v) is 2.54. The molecule has 1 unspecified atom stereocenters. The van der Waals surface area contributed by atoms with Crippen molar-refractivity contribution >= 4 is 16.7 Å². The summed E-state index contributed by atoms with van der Waals surface area (Å²) in [6.45, 7) is 6.50. The minimum Gasteiger partial charge on any atom is -0.374 e. The average molecular weight is 230 g/mol. The van der Waals surface area contributed by atoms with E-state index in [1.807, 2.05) is 20.8 Å². The second-order valence-electron chi connectivity index (χ2n) is 4.18. The largest absolute Gasteiger partial charge is 0.374 e. The summed E-state index contributed by atoms with van der Waals surface area (Å²) < 4.78 is 9.31. The van der Waals surface area contributed by atoms with Crippen molar-refractivity contribution in [3.05, 3.63) is 5.82 Å². The molecular formula is C9H18N4OS. The van der Waals surface area contributed by atoms with Crippen molar-refractivity contribution in [1.82, 2.24) is 9.36 Å². The quantitative estimate of drug-likeness (QED) is 0.799. The van der Waals surface area contributed by atoms with Crippen molar-refractivity contribution in [2.24, 2.45) is 5.73 Å². The number of methoxy groups -OCH3 is 1. The Morgan fingerprint density at radius 2 is 2.27 bits per heavy atom. The molecular weight excluding hydrogens is 212 g/mol. The normalized spacial score (nSPS) is 13.9. The van der Waals surface area contributed by atoms with E-state index in [0.717, 1.165) is 5.13 Å². The Morgan fingerprint density at radius 3 is 2.80 bits per heavy atom. The van der Waals surface area contributed by atoms with Crippen molar-refractivity contribution in [2.75, 3.05) is 19.0 Å². The van der Waals surface area contributed by atoms with E-state index in [1.54, 1.807) is 7.11 Å². The van der Waals surface area contributed by atoms with Gasteiger partial charge in [-0.3, -0.25) is 0 Å². The van der Waals surface area contributed by atoms with Gasteiger partial charge in [0.2, 0.25) is 5.13 Å². The third-order valence-electron chi connectivity index (χ3n) is 1.85. The lowest BCUT2D eigenvalue weighted by Gasteiger charge is -2.17. The van der Waals surface area contributed by atoms with Gasteiger partial charge in [0.05, 0.1) is 0 Å². The Bertz CT molecular complexity index is 307. The van der Waals surface area contributed by atoms with E-state index >= 15 is 0 Å². The molecule has 0 aliphatic heterocycles. The Balaban J connectivity index is 2.53. The Labute approximate surface area is 94.2 Å². The van der Waals surface area contributed by atoms with Gasteiger partial charge < -0.3 is 15.8 Å². The lowest BCUT2D eigenvalue weighted by molar-refractivity contribution is 0.113. The molecule has 0 amide bonds. The molecule has 3 N–H and O–H groups in total. The predicted octanol–water partition coefficient (Wildman–Crippen LogP) is 1.39. The number of ether oxygens (including phenoxy) is 1. The highest BCUT2D eigenvalue weighted by molar-refractivity contribution is 7.09. The molecule has 0 saturated carbocycles. The Hall–Kier alpha value is -0.720. The van der Waals surface area contributed by atoms with Crippen LogP contribution in [0.25, 0.3) is 0 Å². The zero-order chi connectivity index (χ0) is 11.5. The first-order chi connectivity index (χ1) is 6.92. The van der Waals surface area contributed by atoms with Crippen LogP contribution >= 0.6 is 11.5 Å². The molecule has 1 aromatic rings. The SMILES string of the molecule is COC(C)c1nsc(NCC(C)(C)N)n1. The topological polar surface area (TPSA) is 73.1 Å². The van der Waals surface area contributed by atoms with Gasteiger partial charge >= 0.3 is 0 Å². The van der Waals surface area contributed by atoms with Crippen LogP contribution in [0.5, 0.6) is 0 Å². The molecule has 0 fully saturated rings. The van der Waals surface area contributed by atoms with E-state index in [9.17, 15) is 0 Å². The van der Waals surface area contributed by atoms with Crippen molar-refractivity contribution in [2.45, 2.75) is 32.4 Å². The van der Waals surface area contributed by atoms with E-state index in [4.69, 9.17) is 10.5 Å². The number of rotatable bonds is 5. The van der Waals surface area contributed by atoms with E-state index in [2.05, 4.69) is 14.7 Å². The van der Waals surface area contributed by atoms with Crippen LogP contribution in [0.4, 0.5) is 5.13 Å². The number of aromatic nitrogens is 2. The summed E-state index contributed by atoms with van der Waals surface area (Å²) >= 11 is 1.33. The predicted molar refractivity (Wildman–Crippen MR) is 62.1 cm³/mol. The van der Waals surface area contributed by atoms with Gasteiger partial charge in [0.1, 0.15) is 6.10 Å². The molecule has 5 nitrogen and oxygen atoms in total. The number of nitrogens with two attached hydrogens (primary N) is 1. The van der Waals surface area contributed by atoms with Gasteiger partial charge in [0.25, 0.3) is 0 Å². The zero-order valence-corrected chi connectivity index (χ0v) is 10.4. The van der Waals surface area contributed by atoms with Gasteiger partial charge in [0, 0.05) is 30.7 Å². The molecule has 1 atom stereocenters. The van der Waals surface area contributed by atoms with Gasteiger partial charge in [-0.1, -0.05) is 0 Å². The maximum atomic E-state index is 5.85. The van der Waals surface area contributed by atoms with Gasteiger partial charge in [-0.25, -0.2) is 4.98 Å². The second kappa shape index (κ2) is 4.87. The molecule has 1 rings (SSSR count). The first-order valence-electron chi connectivity index (χ1n) is 4.81. The summed E-state index contributed by atoms with van der Waals surface area (Å²) in [5.74, 6) is 0.708. The van der Waals surface area contributed by atoms with Crippen LogP contribution in [-0.4, -0.2) is 28.6 Å². The van der Waals surface area contributed by atoms with Crippen LogP contribution in [0.3, 0.4) is 0 Å². The summed E-state index contributed by atoms with van der Waals surface area (Å²) in [5, 5.41) is 3.93. The molecule has 1 heterocycles. The molecule has 0 radical (unpaired) electrons.